The van der Waals surface area contributed by atoms with Crippen molar-refractivity contribution in [2.24, 2.45) is 5.41 Å². The van der Waals surface area contributed by atoms with Crippen LogP contribution >= 0.6 is 0 Å². The van der Waals surface area contributed by atoms with E-state index in [9.17, 15) is 14.0 Å². The van der Waals surface area contributed by atoms with Crippen LogP contribution in [0.5, 0.6) is 0 Å². The molecule has 0 unspecified atom stereocenters. The van der Waals surface area contributed by atoms with E-state index in [1.165, 1.54) is 12.1 Å². The third kappa shape index (κ3) is 3.23. The second-order valence-electron chi connectivity index (χ2n) is 5.60. The van der Waals surface area contributed by atoms with Crippen molar-refractivity contribution in [3.8, 4) is 0 Å². The first-order valence-corrected chi connectivity index (χ1v) is 7.33. The van der Waals surface area contributed by atoms with Crippen LogP contribution in [0.1, 0.15) is 32.6 Å². The Morgan fingerprint density at radius 2 is 2.00 bits per heavy atom. The zero-order valence-corrected chi connectivity index (χ0v) is 12.5. The number of hydrogen-bond donors (Lipinski definition) is 1. The predicted molar refractivity (Wildman–Crippen MR) is 79.2 cm³/mol. The van der Waals surface area contributed by atoms with Gasteiger partial charge in [0, 0.05) is 13.6 Å². The van der Waals surface area contributed by atoms with Gasteiger partial charge in [-0.05, 0) is 31.4 Å². The van der Waals surface area contributed by atoms with E-state index in [0.29, 0.717) is 19.4 Å². The van der Waals surface area contributed by atoms with Gasteiger partial charge >= 0.3 is 0 Å². The molecule has 5 heteroatoms. The molecule has 0 heterocycles. The minimum atomic E-state index is -0.995. The molecule has 1 saturated carbocycles. The molecule has 0 saturated heterocycles. The summed E-state index contributed by atoms with van der Waals surface area (Å²) in [6.07, 6.45) is 2.96. The number of carbonyl (C=O) groups excluding carboxylic acids is 2. The predicted octanol–water partition coefficient (Wildman–Crippen LogP) is 2.80. The maximum atomic E-state index is 13.6. The lowest BCUT2D eigenvalue weighted by atomic mass is 10.0. The molecule has 0 radical (unpaired) electrons. The number of nitrogens with zero attached hydrogens (tertiary/aromatic N) is 1. The summed E-state index contributed by atoms with van der Waals surface area (Å²) in [5.74, 6) is -1.06. The molecule has 1 aliphatic carbocycles. The van der Waals surface area contributed by atoms with E-state index in [1.54, 1.807) is 24.1 Å². The van der Waals surface area contributed by atoms with Crippen LogP contribution in [0, 0.1) is 11.2 Å². The number of amides is 2. The van der Waals surface area contributed by atoms with Gasteiger partial charge < -0.3 is 10.2 Å². The van der Waals surface area contributed by atoms with Gasteiger partial charge in [0.2, 0.25) is 11.8 Å². The first-order valence-electron chi connectivity index (χ1n) is 7.33. The Morgan fingerprint density at radius 3 is 2.57 bits per heavy atom. The molecule has 114 valence electrons. The van der Waals surface area contributed by atoms with Crippen LogP contribution in [0.25, 0.3) is 0 Å². The molecule has 2 rings (SSSR count). The van der Waals surface area contributed by atoms with Crippen molar-refractivity contribution in [3.05, 3.63) is 30.1 Å². The van der Waals surface area contributed by atoms with Crippen LogP contribution in [0.2, 0.25) is 0 Å². The monoisotopic (exact) mass is 292 g/mol. The third-order valence-corrected chi connectivity index (χ3v) is 3.91. The molecule has 0 bridgehead atoms. The van der Waals surface area contributed by atoms with Crippen molar-refractivity contribution in [2.75, 3.05) is 18.9 Å². The third-order valence-electron chi connectivity index (χ3n) is 3.91. The van der Waals surface area contributed by atoms with E-state index < -0.39 is 17.1 Å². The number of benzene rings is 1. The molecule has 1 aromatic rings. The van der Waals surface area contributed by atoms with E-state index in [-0.39, 0.29) is 11.6 Å². The summed E-state index contributed by atoms with van der Waals surface area (Å²) in [5.41, 5.74) is -0.872. The van der Waals surface area contributed by atoms with Gasteiger partial charge in [-0.1, -0.05) is 25.5 Å². The second-order valence-corrected chi connectivity index (χ2v) is 5.60. The maximum absolute atomic E-state index is 13.6. The quantitative estimate of drug-likeness (QED) is 0.820. The molecule has 0 atom stereocenters. The van der Waals surface area contributed by atoms with Crippen LogP contribution in [-0.4, -0.2) is 30.3 Å². The minimum Gasteiger partial charge on any atom is -0.345 e. The van der Waals surface area contributed by atoms with Gasteiger partial charge in [-0.3, -0.25) is 9.59 Å². The lowest BCUT2D eigenvalue weighted by Crippen LogP contribution is -2.41. The number of unbranched alkanes of at least 4 members (excludes halogenated alkanes) is 1. The number of para-hydroxylation sites is 1. The van der Waals surface area contributed by atoms with E-state index in [1.807, 2.05) is 0 Å². The highest BCUT2D eigenvalue weighted by atomic mass is 19.1. The van der Waals surface area contributed by atoms with Gasteiger partial charge in [0.05, 0.1) is 5.69 Å². The average molecular weight is 292 g/mol. The highest BCUT2D eigenvalue weighted by Crippen LogP contribution is 2.48. The largest absolute Gasteiger partial charge is 0.345 e. The van der Waals surface area contributed by atoms with Crippen molar-refractivity contribution >= 4 is 17.5 Å². The molecule has 1 aromatic carbocycles. The fraction of sp³-hybridized carbons (Fsp3) is 0.500. The molecule has 0 aliphatic heterocycles. The molecule has 1 aliphatic rings. The van der Waals surface area contributed by atoms with Gasteiger partial charge in [0.1, 0.15) is 11.2 Å². The summed E-state index contributed by atoms with van der Waals surface area (Å²) in [6.45, 7) is 2.69. The fourth-order valence-electron chi connectivity index (χ4n) is 2.33. The number of nitrogens with one attached hydrogen (secondary N) is 1. The fourth-order valence-corrected chi connectivity index (χ4v) is 2.33. The zero-order valence-electron chi connectivity index (χ0n) is 12.5. The van der Waals surface area contributed by atoms with Crippen LogP contribution in [-0.2, 0) is 9.59 Å². The van der Waals surface area contributed by atoms with Crippen molar-refractivity contribution in [1.82, 2.24) is 4.90 Å². The van der Waals surface area contributed by atoms with Gasteiger partial charge in [-0.25, -0.2) is 4.39 Å². The SMILES string of the molecule is CCCCN(C)C(=O)C1(C(=O)Nc2ccccc2F)CC1. The molecule has 0 aromatic heterocycles. The standard InChI is InChI=1S/C16H21FN2O2/c1-3-4-11-19(2)15(21)16(9-10-16)14(20)18-13-8-6-5-7-12(13)17/h5-8H,3-4,9-11H2,1-2H3,(H,18,20). The summed E-state index contributed by atoms with van der Waals surface area (Å²) in [4.78, 5) is 26.4. The van der Waals surface area contributed by atoms with Crippen molar-refractivity contribution in [2.45, 2.75) is 32.6 Å². The summed E-state index contributed by atoms with van der Waals surface area (Å²) in [7, 11) is 1.72. The van der Waals surface area contributed by atoms with Crippen LogP contribution < -0.4 is 5.32 Å². The normalized spacial score (nSPS) is 15.4. The van der Waals surface area contributed by atoms with Gasteiger partial charge in [-0.15, -0.1) is 0 Å². The average Bonchev–Trinajstić information content (AvgIpc) is 3.28. The van der Waals surface area contributed by atoms with Crippen molar-refractivity contribution in [1.29, 1.82) is 0 Å². The van der Waals surface area contributed by atoms with E-state index >= 15 is 0 Å². The Morgan fingerprint density at radius 1 is 1.33 bits per heavy atom. The Kier molecular flexibility index (Phi) is 4.60. The maximum Gasteiger partial charge on any atom is 0.240 e. The Balaban J connectivity index is 2.04. The van der Waals surface area contributed by atoms with E-state index in [2.05, 4.69) is 12.2 Å². The number of carbonyl (C=O) groups is 2. The molecule has 1 N–H and O–H groups in total. The summed E-state index contributed by atoms with van der Waals surface area (Å²) in [6, 6.07) is 5.98. The number of hydrogen-bond acceptors (Lipinski definition) is 2. The van der Waals surface area contributed by atoms with Gasteiger partial charge in [0.15, 0.2) is 0 Å². The molecule has 0 spiro atoms. The summed E-state index contributed by atoms with van der Waals surface area (Å²) in [5, 5.41) is 2.54. The molecule has 1 fully saturated rings. The van der Waals surface area contributed by atoms with Crippen molar-refractivity contribution < 1.29 is 14.0 Å². The first kappa shape index (κ1) is 15.5. The number of rotatable bonds is 6. The first-order chi connectivity index (χ1) is 10.0. The zero-order chi connectivity index (χ0) is 15.5. The van der Waals surface area contributed by atoms with Gasteiger partial charge in [0.25, 0.3) is 0 Å². The van der Waals surface area contributed by atoms with Crippen molar-refractivity contribution in [3.63, 3.8) is 0 Å². The number of halogens is 1. The van der Waals surface area contributed by atoms with Gasteiger partial charge in [-0.2, -0.15) is 0 Å². The lowest BCUT2D eigenvalue weighted by Gasteiger charge is -2.23. The summed E-state index contributed by atoms with van der Waals surface area (Å²) >= 11 is 0. The highest BCUT2D eigenvalue weighted by Gasteiger charge is 2.57. The second kappa shape index (κ2) is 6.24. The minimum absolute atomic E-state index is 0.123. The Hall–Kier alpha value is -1.91. The molecule has 4 nitrogen and oxygen atoms in total. The van der Waals surface area contributed by atoms with E-state index in [4.69, 9.17) is 0 Å². The van der Waals surface area contributed by atoms with Crippen LogP contribution in [0.3, 0.4) is 0 Å². The molecular formula is C16H21FN2O2. The Bertz CT molecular complexity index is 541. The number of anilines is 1. The highest BCUT2D eigenvalue weighted by molar-refractivity contribution is 6.13. The smallest absolute Gasteiger partial charge is 0.240 e. The lowest BCUT2D eigenvalue weighted by molar-refractivity contribution is -0.141. The molecular weight excluding hydrogens is 271 g/mol. The summed E-state index contributed by atoms with van der Waals surface area (Å²) < 4.78 is 13.6. The molecule has 2 amide bonds. The molecule has 21 heavy (non-hydrogen) atoms. The Labute approximate surface area is 124 Å². The topological polar surface area (TPSA) is 49.4 Å². The van der Waals surface area contributed by atoms with E-state index in [0.717, 1.165) is 12.8 Å². The van der Waals surface area contributed by atoms with Crippen LogP contribution in [0.15, 0.2) is 24.3 Å². The van der Waals surface area contributed by atoms with Crippen LogP contribution in [0.4, 0.5) is 10.1 Å².